The first-order valence-corrected chi connectivity index (χ1v) is 7.06. The number of sulfonamides is 1. The van der Waals surface area contributed by atoms with E-state index in [1.165, 1.54) is 12.1 Å². The second-order valence-electron chi connectivity index (χ2n) is 3.68. The van der Waals surface area contributed by atoms with E-state index in [1.807, 2.05) is 6.92 Å². The predicted molar refractivity (Wildman–Crippen MR) is 75.3 cm³/mol. The van der Waals surface area contributed by atoms with Crippen LogP contribution >= 0.6 is 12.2 Å². The molecule has 1 aromatic rings. The van der Waals surface area contributed by atoms with Crippen LogP contribution in [-0.4, -0.2) is 20.1 Å². The summed E-state index contributed by atoms with van der Waals surface area (Å²) in [7, 11) is -3.60. The Bertz CT molecular complexity index is 526. The van der Waals surface area contributed by atoms with Crippen LogP contribution in [0.3, 0.4) is 0 Å². The van der Waals surface area contributed by atoms with Gasteiger partial charge in [0.15, 0.2) is 5.11 Å². The maximum atomic E-state index is 11.8. The van der Waals surface area contributed by atoms with Crippen molar-refractivity contribution in [3.8, 4) is 0 Å². The third kappa shape index (κ3) is 4.82. The predicted octanol–water partition coefficient (Wildman–Crippen LogP) is 0.920. The molecule has 0 atom stereocenters. The lowest BCUT2D eigenvalue weighted by molar-refractivity contribution is 0.576. The molecule has 98 valence electrons. The molecule has 5 nitrogen and oxygen atoms in total. The van der Waals surface area contributed by atoms with Crippen LogP contribution in [-0.2, 0) is 10.0 Å². The van der Waals surface area contributed by atoms with Gasteiger partial charge in [-0.25, -0.2) is 8.42 Å². The number of rotatable bonds is 5. The zero-order valence-electron chi connectivity index (χ0n) is 9.93. The fraction of sp³-hybridized carbons (Fsp3) is 0.182. The lowest BCUT2D eigenvalue weighted by atomic mass is 10.4. The van der Waals surface area contributed by atoms with Crippen LogP contribution in [0.4, 0.5) is 0 Å². The molecule has 18 heavy (non-hydrogen) atoms. The number of hydrogen-bond donors (Lipinski definition) is 3. The summed E-state index contributed by atoms with van der Waals surface area (Å²) < 4.78 is 23.6. The molecule has 0 radical (unpaired) electrons. The summed E-state index contributed by atoms with van der Waals surface area (Å²) in [5.74, 6) is 0. The molecule has 0 aliphatic heterocycles. The van der Waals surface area contributed by atoms with Gasteiger partial charge < -0.3 is 5.32 Å². The van der Waals surface area contributed by atoms with Gasteiger partial charge in [0.25, 0.3) is 10.0 Å². The molecule has 0 unspecified atom stereocenters. The zero-order chi connectivity index (χ0) is 13.6. The first-order valence-electron chi connectivity index (χ1n) is 5.17. The van der Waals surface area contributed by atoms with Gasteiger partial charge in [0, 0.05) is 6.54 Å². The van der Waals surface area contributed by atoms with Crippen LogP contribution in [0.25, 0.3) is 0 Å². The molecule has 0 bridgehead atoms. The van der Waals surface area contributed by atoms with Gasteiger partial charge in [-0.3, -0.25) is 5.43 Å². The Morgan fingerprint density at radius 1 is 1.33 bits per heavy atom. The standard InChI is InChI=1S/C11H15N3O2S2/c1-9(2)8-12-11(17)13-14-18(15,16)10-6-4-3-5-7-10/h3-7,14H,1,8H2,2H3,(H2,12,13,17). The monoisotopic (exact) mass is 285 g/mol. The molecule has 0 saturated heterocycles. The van der Waals surface area contributed by atoms with Gasteiger partial charge in [-0.05, 0) is 31.3 Å². The molecule has 1 rings (SSSR count). The van der Waals surface area contributed by atoms with Gasteiger partial charge in [-0.1, -0.05) is 30.4 Å². The summed E-state index contributed by atoms with van der Waals surface area (Å²) in [6.45, 7) is 6.02. The van der Waals surface area contributed by atoms with Gasteiger partial charge >= 0.3 is 0 Å². The Hall–Kier alpha value is -1.44. The maximum Gasteiger partial charge on any atom is 0.257 e. The van der Waals surface area contributed by atoms with Gasteiger partial charge in [0.1, 0.15) is 0 Å². The van der Waals surface area contributed by atoms with Crippen LogP contribution < -0.4 is 15.6 Å². The van der Waals surface area contributed by atoms with E-state index in [0.717, 1.165) is 5.57 Å². The molecule has 0 aromatic heterocycles. The van der Waals surface area contributed by atoms with Gasteiger partial charge in [0.05, 0.1) is 4.90 Å². The third-order valence-corrected chi connectivity index (χ3v) is 3.41. The van der Waals surface area contributed by atoms with Crippen molar-refractivity contribution in [3.05, 3.63) is 42.5 Å². The number of hydrazine groups is 1. The van der Waals surface area contributed by atoms with Crippen LogP contribution in [0.1, 0.15) is 6.92 Å². The SMILES string of the molecule is C=C(C)CNC(=S)NNS(=O)(=O)c1ccccc1. The van der Waals surface area contributed by atoms with Crippen molar-refractivity contribution in [2.24, 2.45) is 0 Å². The Kier molecular flexibility index (Phi) is 5.26. The molecule has 3 N–H and O–H groups in total. The van der Waals surface area contributed by atoms with Crippen LogP contribution in [0.2, 0.25) is 0 Å². The van der Waals surface area contributed by atoms with E-state index in [-0.39, 0.29) is 10.0 Å². The first-order chi connectivity index (χ1) is 8.42. The first kappa shape index (κ1) is 14.6. The Balaban J connectivity index is 2.53. The zero-order valence-corrected chi connectivity index (χ0v) is 11.6. The lowest BCUT2D eigenvalue weighted by Gasteiger charge is -2.11. The van der Waals surface area contributed by atoms with E-state index in [0.29, 0.717) is 6.54 Å². The fourth-order valence-electron chi connectivity index (χ4n) is 1.05. The highest BCUT2D eigenvalue weighted by atomic mass is 32.2. The minimum atomic E-state index is -3.60. The molecule has 1 aromatic carbocycles. The lowest BCUT2D eigenvalue weighted by Crippen LogP contribution is -2.46. The summed E-state index contributed by atoms with van der Waals surface area (Å²) in [6, 6.07) is 8.02. The van der Waals surface area contributed by atoms with E-state index in [4.69, 9.17) is 12.2 Å². The average molecular weight is 285 g/mol. The van der Waals surface area contributed by atoms with Crippen molar-refractivity contribution in [2.45, 2.75) is 11.8 Å². The van der Waals surface area contributed by atoms with E-state index in [1.54, 1.807) is 18.2 Å². The molecule has 0 spiro atoms. The van der Waals surface area contributed by atoms with Crippen LogP contribution in [0.5, 0.6) is 0 Å². The van der Waals surface area contributed by atoms with Crippen molar-refractivity contribution in [3.63, 3.8) is 0 Å². The van der Waals surface area contributed by atoms with Crippen molar-refractivity contribution < 1.29 is 8.42 Å². The highest BCUT2D eigenvalue weighted by Gasteiger charge is 2.12. The minimum Gasteiger partial charge on any atom is -0.358 e. The highest BCUT2D eigenvalue weighted by molar-refractivity contribution is 7.89. The summed E-state index contributed by atoms with van der Waals surface area (Å²) in [5, 5.41) is 2.99. The normalized spacial score (nSPS) is 10.7. The second-order valence-corrected chi connectivity index (χ2v) is 5.77. The number of hydrogen-bond acceptors (Lipinski definition) is 3. The number of benzene rings is 1. The molecule has 0 aliphatic carbocycles. The topological polar surface area (TPSA) is 70.2 Å². The van der Waals surface area contributed by atoms with Gasteiger partial charge in [0.2, 0.25) is 0 Å². The van der Waals surface area contributed by atoms with Crippen LogP contribution in [0.15, 0.2) is 47.4 Å². The number of nitrogens with one attached hydrogen (secondary N) is 3. The van der Waals surface area contributed by atoms with Crippen molar-refractivity contribution >= 4 is 27.4 Å². The van der Waals surface area contributed by atoms with Gasteiger partial charge in [-0.15, -0.1) is 4.83 Å². The summed E-state index contributed by atoms with van der Waals surface area (Å²) >= 11 is 4.90. The molecule has 0 saturated carbocycles. The largest absolute Gasteiger partial charge is 0.358 e. The van der Waals surface area contributed by atoms with Crippen LogP contribution in [0, 0.1) is 0 Å². The summed E-state index contributed by atoms with van der Waals surface area (Å²) in [4.78, 5) is 2.35. The average Bonchev–Trinajstić information content (AvgIpc) is 2.35. The van der Waals surface area contributed by atoms with Crippen molar-refractivity contribution in [2.75, 3.05) is 6.54 Å². The van der Waals surface area contributed by atoms with E-state index >= 15 is 0 Å². The third-order valence-electron chi connectivity index (χ3n) is 1.90. The second kappa shape index (κ2) is 6.48. The quantitative estimate of drug-likeness (QED) is 0.426. The van der Waals surface area contributed by atoms with E-state index in [9.17, 15) is 8.42 Å². The van der Waals surface area contributed by atoms with E-state index < -0.39 is 10.0 Å². The molecular weight excluding hydrogens is 270 g/mol. The maximum absolute atomic E-state index is 11.8. The van der Waals surface area contributed by atoms with Crippen molar-refractivity contribution in [1.29, 1.82) is 0 Å². The molecule has 0 amide bonds. The van der Waals surface area contributed by atoms with E-state index in [2.05, 4.69) is 22.2 Å². The Labute approximate surface area is 112 Å². The van der Waals surface area contributed by atoms with Crippen molar-refractivity contribution in [1.82, 2.24) is 15.6 Å². The molecule has 0 aliphatic rings. The smallest absolute Gasteiger partial charge is 0.257 e. The Morgan fingerprint density at radius 2 is 1.94 bits per heavy atom. The fourth-order valence-corrected chi connectivity index (χ4v) is 2.10. The molecule has 0 heterocycles. The summed E-state index contributed by atoms with van der Waals surface area (Å²) in [5.41, 5.74) is 3.31. The van der Waals surface area contributed by atoms with Gasteiger partial charge in [-0.2, -0.15) is 0 Å². The summed E-state index contributed by atoms with van der Waals surface area (Å²) in [6.07, 6.45) is 0. The minimum absolute atomic E-state index is 0.167. The Morgan fingerprint density at radius 3 is 2.50 bits per heavy atom. The molecule has 0 fully saturated rings. The highest BCUT2D eigenvalue weighted by Crippen LogP contribution is 2.05. The molecular formula is C11H15N3O2S2. The molecule has 7 heteroatoms. The number of thiocarbonyl (C=S) groups is 1.